The molecule has 0 unspecified atom stereocenters. The molecule has 2 rings (SSSR count). The fourth-order valence-corrected chi connectivity index (χ4v) is 5.36. The molecular formula is C25H41F2O4P. The van der Waals surface area contributed by atoms with Crippen molar-refractivity contribution in [2.24, 2.45) is 5.92 Å². The Morgan fingerprint density at radius 1 is 0.906 bits per heavy atom. The van der Waals surface area contributed by atoms with Crippen molar-refractivity contribution in [2.75, 3.05) is 12.8 Å². The molecule has 0 saturated heterocycles. The Bertz CT molecular complexity index is 714. The van der Waals surface area contributed by atoms with Gasteiger partial charge in [-0.1, -0.05) is 64.4 Å². The number of benzene rings is 1. The fraction of sp³-hybridized carbons (Fsp3) is 0.760. The van der Waals surface area contributed by atoms with E-state index in [1.165, 1.54) is 25.7 Å². The summed E-state index contributed by atoms with van der Waals surface area (Å²) in [5.41, 5.74) is 0.497. The fourth-order valence-electron chi connectivity index (χ4n) is 4.73. The molecule has 32 heavy (non-hydrogen) atoms. The molecule has 1 aromatic carbocycles. The van der Waals surface area contributed by atoms with Gasteiger partial charge in [-0.25, -0.2) is 4.39 Å². The van der Waals surface area contributed by atoms with E-state index >= 15 is 0 Å². The Hall–Kier alpha value is -0.970. The maximum atomic E-state index is 14.7. The van der Waals surface area contributed by atoms with Crippen molar-refractivity contribution in [1.82, 2.24) is 0 Å². The summed E-state index contributed by atoms with van der Waals surface area (Å²) in [5, 5.41) is 0. The van der Waals surface area contributed by atoms with Crippen molar-refractivity contribution in [2.45, 2.75) is 103 Å². The maximum absolute atomic E-state index is 14.7. The van der Waals surface area contributed by atoms with Crippen LogP contribution in [0.1, 0.15) is 108 Å². The van der Waals surface area contributed by atoms with Gasteiger partial charge in [0.2, 0.25) is 5.82 Å². The summed E-state index contributed by atoms with van der Waals surface area (Å²) in [6.07, 6.45) is 13.8. The Morgan fingerprint density at radius 2 is 1.56 bits per heavy atom. The number of unbranched alkanes of at least 4 members (excludes halogenated alkanes) is 7. The lowest BCUT2D eigenvalue weighted by Gasteiger charge is -2.29. The van der Waals surface area contributed by atoms with Gasteiger partial charge >= 0.3 is 7.60 Å². The highest BCUT2D eigenvalue weighted by atomic mass is 31.2. The minimum absolute atomic E-state index is 0.0128. The monoisotopic (exact) mass is 474 g/mol. The average molecular weight is 475 g/mol. The molecule has 1 aliphatic carbocycles. The third kappa shape index (κ3) is 9.89. The van der Waals surface area contributed by atoms with Crippen molar-refractivity contribution < 1.29 is 27.9 Å². The van der Waals surface area contributed by atoms with Crippen LogP contribution in [0.3, 0.4) is 0 Å². The largest absolute Gasteiger partial charge is 0.490 e. The lowest BCUT2D eigenvalue weighted by Crippen LogP contribution is -2.15. The van der Waals surface area contributed by atoms with Crippen LogP contribution < -0.4 is 4.74 Å². The molecule has 0 aliphatic heterocycles. The molecule has 0 aromatic heterocycles. The van der Waals surface area contributed by atoms with Crippen LogP contribution >= 0.6 is 7.60 Å². The third-order valence-corrected chi connectivity index (χ3v) is 7.58. The summed E-state index contributed by atoms with van der Waals surface area (Å²) >= 11 is 0. The van der Waals surface area contributed by atoms with Crippen LogP contribution in [0.5, 0.6) is 5.75 Å². The lowest BCUT2D eigenvalue weighted by molar-refractivity contribution is 0.279. The molecule has 1 saturated carbocycles. The first-order chi connectivity index (χ1) is 15.3. The second-order valence-electron chi connectivity index (χ2n) is 9.35. The minimum atomic E-state index is -3.88. The van der Waals surface area contributed by atoms with Gasteiger partial charge in [-0.2, -0.15) is 4.39 Å². The third-order valence-electron chi connectivity index (χ3n) is 6.68. The summed E-state index contributed by atoms with van der Waals surface area (Å²) in [5.74, 6) is -0.793. The Labute approximate surface area is 192 Å². The molecule has 184 valence electrons. The predicted octanol–water partition coefficient (Wildman–Crippen LogP) is 7.72. The average Bonchev–Trinajstić information content (AvgIpc) is 2.75. The number of halogens is 2. The van der Waals surface area contributed by atoms with Crippen LogP contribution in [0.2, 0.25) is 0 Å². The number of hydrogen-bond donors (Lipinski definition) is 2. The van der Waals surface area contributed by atoms with Gasteiger partial charge in [-0.15, -0.1) is 0 Å². The molecule has 4 nitrogen and oxygen atoms in total. The van der Waals surface area contributed by atoms with Crippen LogP contribution in [0.25, 0.3) is 0 Å². The summed E-state index contributed by atoms with van der Waals surface area (Å²) in [4.78, 5) is 17.6. The van der Waals surface area contributed by atoms with Gasteiger partial charge in [0, 0.05) is 6.16 Å². The maximum Gasteiger partial charge on any atom is 0.325 e. The van der Waals surface area contributed by atoms with E-state index in [1.807, 2.05) is 0 Å². The number of rotatable bonds is 15. The molecule has 0 heterocycles. The van der Waals surface area contributed by atoms with Crippen LogP contribution in [0.4, 0.5) is 8.78 Å². The first-order valence-electron chi connectivity index (χ1n) is 12.5. The summed E-state index contributed by atoms with van der Waals surface area (Å²) in [7, 11) is -3.88. The SMILES string of the molecule is CCCCCC1CCC(c2ccc(OCCCCCCCCP(=O)(O)O)c(F)c2F)CC1. The molecule has 7 heteroatoms. The Morgan fingerprint density at radius 3 is 2.22 bits per heavy atom. The summed E-state index contributed by atoms with van der Waals surface area (Å²) in [6, 6.07) is 3.28. The van der Waals surface area contributed by atoms with Gasteiger partial charge in [0.05, 0.1) is 6.61 Å². The topological polar surface area (TPSA) is 66.8 Å². The van der Waals surface area contributed by atoms with Crippen LogP contribution in [0, 0.1) is 17.6 Å². The normalized spacial score (nSPS) is 19.3. The van der Waals surface area contributed by atoms with E-state index < -0.39 is 19.2 Å². The van der Waals surface area contributed by atoms with E-state index in [4.69, 9.17) is 14.5 Å². The van der Waals surface area contributed by atoms with Crippen LogP contribution in [-0.2, 0) is 4.57 Å². The summed E-state index contributed by atoms with van der Waals surface area (Å²) < 4.78 is 45.5. The van der Waals surface area contributed by atoms with Gasteiger partial charge in [0.25, 0.3) is 0 Å². The van der Waals surface area contributed by atoms with Gasteiger partial charge in [-0.05, 0) is 62.0 Å². The highest BCUT2D eigenvalue weighted by Gasteiger charge is 2.26. The van der Waals surface area contributed by atoms with Gasteiger partial charge in [0.15, 0.2) is 11.6 Å². The minimum Gasteiger partial charge on any atom is -0.490 e. The van der Waals surface area contributed by atoms with E-state index in [0.717, 1.165) is 63.7 Å². The van der Waals surface area contributed by atoms with E-state index in [0.29, 0.717) is 18.6 Å². The van der Waals surface area contributed by atoms with Gasteiger partial charge < -0.3 is 14.5 Å². The molecule has 0 spiro atoms. The zero-order valence-corrected chi connectivity index (χ0v) is 20.4. The highest BCUT2D eigenvalue weighted by Crippen LogP contribution is 2.40. The predicted molar refractivity (Wildman–Crippen MR) is 125 cm³/mol. The molecule has 1 fully saturated rings. The Kier molecular flexibility index (Phi) is 12.2. The molecule has 0 atom stereocenters. The van der Waals surface area contributed by atoms with E-state index in [2.05, 4.69) is 6.92 Å². The lowest BCUT2D eigenvalue weighted by atomic mass is 9.77. The Balaban J connectivity index is 1.68. The van der Waals surface area contributed by atoms with Crippen LogP contribution in [-0.4, -0.2) is 22.6 Å². The molecule has 2 N–H and O–H groups in total. The van der Waals surface area contributed by atoms with E-state index in [-0.39, 0.29) is 17.8 Å². The van der Waals surface area contributed by atoms with Crippen molar-refractivity contribution in [3.63, 3.8) is 0 Å². The van der Waals surface area contributed by atoms with Crippen molar-refractivity contribution in [3.8, 4) is 5.75 Å². The molecule has 0 radical (unpaired) electrons. The molecule has 0 bridgehead atoms. The molecule has 1 aromatic rings. The van der Waals surface area contributed by atoms with Crippen molar-refractivity contribution in [3.05, 3.63) is 29.3 Å². The number of ether oxygens (including phenoxy) is 1. The molecule has 0 amide bonds. The highest BCUT2D eigenvalue weighted by molar-refractivity contribution is 7.51. The smallest absolute Gasteiger partial charge is 0.325 e. The first kappa shape index (κ1) is 27.3. The van der Waals surface area contributed by atoms with Gasteiger partial charge in [0.1, 0.15) is 0 Å². The standard InChI is InChI=1S/C25H41F2O4P/c1-2-3-8-11-20-12-14-21(15-13-20)22-16-17-23(25(27)24(22)26)31-18-9-6-4-5-7-10-19-32(28,29)30/h16-17,20-21H,2-15,18-19H2,1H3,(H2,28,29,30). The van der Waals surface area contributed by atoms with Gasteiger partial charge in [-0.3, -0.25) is 4.57 Å². The van der Waals surface area contributed by atoms with E-state index in [1.54, 1.807) is 12.1 Å². The first-order valence-corrected chi connectivity index (χ1v) is 14.3. The van der Waals surface area contributed by atoms with Crippen LogP contribution in [0.15, 0.2) is 12.1 Å². The molecular weight excluding hydrogens is 433 g/mol. The zero-order chi connectivity index (χ0) is 23.4. The zero-order valence-electron chi connectivity index (χ0n) is 19.5. The summed E-state index contributed by atoms with van der Waals surface area (Å²) in [6.45, 7) is 2.55. The number of hydrogen-bond acceptors (Lipinski definition) is 2. The van der Waals surface area contributed by atoms with Crippen molar-refractivity contribution in [1.29, 1.82) is 0 Å². The quantitative estimate of drug-likeness (QED) is 0.202. The second kappa shape index (κ2) is 14.3. The van der Waals surface area contributed by atoms with Crippen molar-refractivity contribution >= 4 is 7.60 Å². The van der Waals surface area contributed by atoms with E-state index in [9.17, 15) is 13.3 Å². The second-order valence-corrected chi connectivity index (χ2v) is 11.1. The molecule has 1 aliphatic rings.